The van der Waals surface area contributed by atoms with E-state index in [0.717, 1.165) is 32.5 Å². The Morgan fingerprint density at radius 2 is 1.72 bits per heavy atom. The third kappa shape index (κ3) is 3.56. The van der Waals surface area contributed by atoms with Gasteiger partial charge in [-0.15, -0.1) is 0 Å². The van der Waals surface area contributed by atoms with E-state index in [1.54, 1.807) is 0 Å². The molecule has 1 aliphatic rings. The van der Waals surface area contributed by atoms with Crippen molar-refractivity contribution in [2.24, 2.45) is 0 Å². The molecule has 0 bridgehead atoms. The van der Waals surface area contributed by atoms with Gasteiger partial charge in [-0.25, -0.2) is 0 Å². The van der Waals surface area contributed by atoms with Crippen molar-refractivity contribution in [3.8, 4) is 0 Å². The van der Waals surface area contributed by atoms with Crippen LogP contribution in [0.25, 0.3) is 0 Å². The maximum Gasteiger partial charge on any atom is 0.0950 e. The van der Waals surface area contributed by atoms with Crippen LogP contribution in [-0.4, -0.2) is 20.3 Å². The van der Waals surface area contributed by atoms with E-state index >= 15 is 0 Å². The maximum absolute atomic E-state index is 5.80. The minimum Gasteiger partial charge on any atom is -0.381 e. The maximum atomic E-state index is 5.80. The molecule has 0 aliphatic carbocycles. The molecule has 0 saturated carbocycles. The molecule has 1 aliphatic heterocycles. The van der Waals surface area contributed by atoms with Gasteiger partial charge in [0.05, 0.1) is 5.60 Å². The molecule has 1 aromatic rings. The lowest BCUT2D eigenvalue weighted by molar-refractivity contribution is -0.0311. The van der Waals surface area contributed by atoms with Crippen molar-refractivity contribution in [1.29, 1.82) is 0 Å². The second kappa shape index (κ2) is 7.55. The molecule has 2 rings (SSSR count). The van der Waals surface area contributed by atoms with Gasteiger partial charge in [-0.3, -0.25) is 0 Å². The lowest BCUT2D eigenvalue weighted by Crippen LogP contribution is -2.28. The van der Waals surface area contributed by atoms with Crippen molar-refractivity contribution >= 4 is 0 Å². The molecule has 0 aromatic heterocycles. The smallest absolute Gasteiger partial charge is 0.0950 e. The van der Waals surface area contributed by atoms with Crippen LogP contribution in [0.4, 0.5) is 0 Å². The minimum absolute atomic E-state index is 0.135. The summed E-state index contributed by atoms with van der Waals surface area (Å²) in [6.45, 7) is 7.76. The molecule has 2 nitrogen and oxygen atoms in total. The zero-order valence-electron chi connectivity index (χ0n) is 12.2. The van der Waals surface area contributed by atoms with Crippen LogP contribution in [0.3, 0.4) is 0 Å². The van der Waals surface area contributed by atoms with Gasteiger partial charge in [0, 0.05) is 26.7 Å². The number of ether oxygens (including phenoxy) is 2. The van der Waals surface area contributed by atoms with Crippen LogP contribution in [0.15, 0.2) is 24.3 Å². The molecule has 0 spiro atoms. The molecule has 1 aromatic carbocycles. The standard InChI is InChI=1S/C14H20O2.C2H6/c1-12-4-6-13(7-5-12)14(15-2)8-3-10-16-11-9-14;1-2/h4-7H,3,8-11H2,1-2H3;1-2H3. The summed E-state index contributed by atoms with van der Waals surface area (Å²) in [5.74, 6) is 0. The molecule has 1 atom stereocenters. The first-order chi connectivity index (χ1) is 8.77. The Bertz CT molecular complexity index is 321. The van der Waals surface area contributed by atoms with Crippen molar-refractivity contribution in [3.63, 3.8) is 0 Å². The predicted octanol–water partition coefficient (Wildman–Crippen LogP) is 4.06. The van der Waals surface area contributed by atoms with Crippen LogP contribution >= 0.6 is 0 Å². The summed E-state index contributed by atoms with van der Waals surface area (Å²) in [7, 11) is 1.81. The number of hydrogen-bond donors (Lipinski definition) is 0. The first-order valence-electron chi connectivity index (χ1n) is 6.97. The lowest BCUT2D eigenvalue weighted by atomic mass is 9.86. The van der Waals surface area contributed by atoms with Gasteiger partial charge in [0.15, 0.2) is 0 Å². The summed E-state index contributed by atoms with van der Waals surface area (Å²) < 4.78 is 11.3. The van der Waals surface area contributed by atoms with E-state index in [1.807, 2.05) is 21.0 Å². The minimum atomic E-state index is -0.135. The summed E-state index contributed by atoms with van der Waals surface area (Å²) in [5, 5.41) is 0. The van der Waals surface area contributed by atoms with Crippen LogP contribution in [-0.2, 0) is 15.1 Å². The highest BCUT2D eigenvalue weighted by Crippen LogP contribution is 2.35. The van der Waals surface area contributed by atoms with Gasteiger partial charge in [0.25, 0.3) is 0 Å². The van der Waals surface area contributed by atoms with E-state index in [2.05, 4.69) is 31.2 Å². The van der Waals surface area contributed by atoms with Crippen LogP contribution in [0.1, 0.15) is 44.2 Å². The predicted molar refractivity (Wildman–Crippen MR) is 75.9 cm³/mol. The summed E-state index contributed by atoms with van der Waals surface area (Å²) in [5.41, 5.74) is 2.44. The van der Waals surface area contributed by atoms with Gasteiger partial charge in [0.2, 0.25) is 0 Å². The first kappa shape index (κ1) is 15.2. The third-order valence-corrected chi connectivity index (χ3v) is 3.49. The normalized spacial score (nSPS) is 23.8. The zero-order valence-corrected chi connectivity index (χ0v) is 12.2. The van der Waals surface area contributed by atoms with Crippen LogP contribution in [0.5, 0.6) is 0 Å². The fourth-order valence-corrected chi connectivity index (χ4v) is 2.39. The Kier molecular flexibility index (Phi) is 6.37. The van der Waals surface area contributed by atoms with Gasteiger partial charge in [-0.05, 0) is 25.3 Å². The number of methoxy groups -OCH3 is 1. The Morgan fingerprint density at radius 1 is 1.06 bits per heavy atom. The third-order valence-electron chi connectivity index (χ3n) is 3.49. The van der Waals surface area contributed by atoms with E-state index in [0.29, 0.717) is 0 Å². The highest BCUT2D eigenvalue weighted by Gasteiger charge is 2.32. The number of hydrogen-bond acceptors (Lipinski definition) is 2. The molecule has 2 heteroatoms. The Labute approximate surface area is 111 Å². The molecule has 1 unspecified atom stereocenters. The van der Waals surface area contributed by atoms with E-state index in [-0.39, 0.29) is 5.60 Å². The molecular weight excluding hydrogens is 224 g/mol. The molecule has 102 valence electrons. The first-order valence-corrected chi connectivity index (χ1v) is 6.97. The quantitative estimate of drug-likeness (QED) is 0.788. The van der Waals surface area contributed by atoms with Gasteiger partial charge in [0.1, 0.15) is 0 Å². The molecule has 0 radical (unpaired) electrons. The van der Waals surface area contributed by atoms with E-state index in [1.165, 1.54) is 11.1 Å². The van der Waals surface area contributed by atoms with Crippen LogP contribution in [0, 0.1) is 6.92 Å². The fraction of sp³-hybridized carbons (Fsp3) is 0.625. The molecule has 18 heavy (non-hydrogen) atoms. The summed E-state index contributed by atoms with van der Waals surface area (Å²) in [6, 6.07) is 8.68. The van der Waals surface area contributed by atoms with Crippen LogP contribution in [0.2, 0.25) is 0 Å². The van der Waals surface area contributed by atoms with Crippen LogP contribution < -0.4 is 0 Å². The second-order valence-corrected chi connectivity index (χ2v) is 4.53. The molecule has 0 amide bonds. The van der Waals surface area contributed by atoms with Gasteiger partial charge in [-0.2, -0.15) is 0 Å². The Morgan fingerprint density at radius 3 is 2.33 bits per heavy atom. The average molecular weight is 250 g/mol. The number of rotatable bonds is 2. The number of benzene rings is 1. The molecule has 1 saturated heterocycles. The van der Waals surface area contributed by atoms with Crippen molar-refractivity contribution in [3.05, 3.63) is 35.4 Å². The van der Waals surface area contributed by atoms with Crippen molar-refractivity contribution in [1.82, 2.24) is 0 Å². The molecule has 1 heterocycles. The molecule has 0 N–H and O–H groups in total. The summed E-state index contributed by atoms with van der Waals surface area (Å²) in [4.78, 5) is 0. The highest BCUT2D eigenvalue weighted by atomic mass is 16.5. The fourth-order valence-electron chi connectivity index (χ4n) is 2.39. The highest BCUT2D eigenvalue weighted by molar-refractivity contribution is 5.27. The largest absolute Gasteiger partial charge is 0.381 e. The SMILES string of the molecule is CC.COC1(c2ccc(C)cc2)CCCOCC1. The average Bonchev–Trinajstić information content (AvgIpc) is 2.68. The monoisotopic (exact) mass is 250 g/mol. The van der Waals surface area contributed by atoms with Crippen molar-refractivity contribution < 1.29 is 9.47 Å². The summed E-state index contributed by atoms with van der Waals surface area (Å²) in [6.07, 6.45) is 3.07. The second-order valence-electron chi connectivity index (χ2n) is 4.53. The van der Waals surface area contributed by atoms with Gasteiger partial charge in [-0.1, -0.05) is 43.7 Å². The zero-order chi connectivity index (χ0) is 13.4. The van der Waals surface area contributed by atoms with E-state index in [9.17, 15) is 0 Å². The van der Waals surface area contributed by atoms with Gasteiger partial charge < -0.3 is 9.47 Å². The topological polar surface area (TPSA) is 18.5 Å². The van der Waals surface area contributed by atoms with Crippen molar-refractivity contribution in [2.75, 3.05) is 20.3 Å². The lowest BCUT2D eigenvalue weighted by Gasteiger charge is -2.31. The Balaban J connectivity index is 0.000000771. The number of aryl methyl sites for hydroxylation is 1. The van der Waals surface area contributed by atoms with E-state index < -0.39 is 0 Å². The van der Waals surface area contributed by atoms with Crippen molar-refractivity contribution in [2.45, 2.75) is 45.6 Å². The van der Waals surface area contributed by atoms with Gasteiger partial charge >= 0.3 is 0 Å². The van der Waals surface area contributed by atoms with E-state index in [4.69, 9.17) is 9.47 Å². The molecular formula is C16H26O2. The molecule has 1 fully saturated rings. The summed E-state index contributed by atoms with van der Waals surface area (Å²) >= 11 is 0. The Hall–Kier alpha value is -0.860.